The van der Waals surface area contributed by atoms with Crippen molar-refractivity contribution in [3.05, 3.63) is 48.6 Å². The lowest BCUT2D eigenvalue weighted by molar-refractivity contribution is -0.132. The van der Waals surface area contributed by atoms with E-state index in [4.69, 9.17) is 0 Å². The highest BCUT2D eigenvalue weighted by Crippen LogP contribution is 2.15. The van der Waals surface area contributed by atoms with Crippen LogP contribution in [0.3, 0.4) is 0 Å². The summed E-state index contributed by atoms with van der Waals surface area (Å²) in [6, 6.07) is -1.01. The second-order valence-electron chi connectivity index (χ2n) is 16.5. The zero-order chi connectivity index (χ0) is 41.0. The van der Waals surface area contributed by atoms with Crippen molar-refractivity contribution in [3.63, 3.8) is 0 Å². The van der Waals surface area contributed by atoms with Gasteiger partial charge in [0.25, 0.3) is 0 Å². The normalized spacial score (nSPS) is 14.5. The molecule has 5 N–H and O–H groups in total. The SMILES string of the molecule is CCCCC/C=C\C=C/CCCCCCCCCCCC(O)C(=O)NC(CO)C(O)C(O)CCC/C=C/CC/C=C/CCCCCCCCCCCCCCC. The van der Waals surface area contributed by atoms with Crippen molar-refractivity contribution in [2.45, 2.75) is 257 Å². The molecule has 1 amide bonds. The molecule has 0 heterocycles. The van der Waals surface area contributed by atoms with Crippen molar-refractivity contribution in [2.24, 2.45) is 0 Å². The second kappa shape index (κ2) is 44.4. The molecule has 0 aliphatic heterocycles. The number of nitrogens with one attached hydrogen (secondary N) is 1. The van der Waals surface area contributed by atoms with Gasteiger partial charge in [0, 0.05) is 0 Å². The maximum atomic E-state index is 12.5. The quantitative estimate of drug-likeness (QED) is 0.0240. The lowest BCUT2D eigenvalue weighted by Gasteiger charge is -2.27. The summed E-state index contributed by atoms with van der Waals surface area (Å²) in [5.41, 5.74) is 0. The minimum absolute atomic E-state index is 0.353. The number of carbonyl (C=O) groups excluding carboxylic acids is 1. The summed E-state index contributed by atoms with van der Waals surface area (Å²) >= 11 is 0. The molecule has 4 atom stereocenters. The molecule has 0 bridgehead atoms. The predicted octanol–water partition coefficient (Wildman–Crippen LogP) is 13.1. The Morgan fingerprint density at radius 1 is 0.446 bits per heavy atom. The molecule has 0 fully saturated rings. The minimum Gasteiger partial charge on any atom is -0.394 e. The van der Waals surface area contributed by atoms with Crippen LogP contribution in [0.2, 0.25) is 0 Å². The van der Waals surface area contributed by atoms with E-state index in [-0.39, 0.29) is 0 Å². The van der Waals surface area contributed by atoms with Crippen molar-refractivity contribution in [1.29, 1.82) is 0 Å². The molecule has 0 aliphatic rings. The first-order chi connectivity index (χ1) is 27.5. The van der Waals surface area contributed by atoms with Crippen LogP contribution in [0.25, 0.3) is 0 Å². The maximum absolute atomic E-state index is 12.5. The molecule has 0 aromatic rings. The van der Waals surface area contributed by atoms with E-state index in [1.54, 1.807) is 0 Å². The first-order valence-corrected chi connectivity index (χ1v) is 24.0. The first-order valence-electron chi connectivity index (χ1n) is 24.0. The number of amides is 1. The second-order valence-corrected chi connectivity index (χ2v) is 16.5. The number of unbranched alkanes of at least 4 members (excludes halogenated alkanes) is 27. The molecule has 0 aliphatic carbocycles. The maximum Gasteiger partial charge on any atom is 0.249 e. The van der Waals surface area contributed by atoms with E-state index in [2.05, 4.69) is 67.8 Å². The molecule has 0 radical (unpaired) electrons. The summed E-state index contributed by atoms with van der Waals surface area (Å²) < 4.78 is 0. The third-order valence-electron chi connectivity index (χ3n) is 11.0. The molecular weight excluding hydrogens is 695 g/mol. The van der Waals surface area contributed by atoms with Crippen LogP contribution in [0, 0.1) is 0 Å². The standard InChI is InChI=1S/C50H93NO5/c1-3-5-7-9-11-13-15-17-19-21-23-24-25-26-28-29-31-33-35-37-39-41-43-47(53)49(55)46(45-52)51-50(56)48(54)44-42-40-38-36-34-32-30-27-22-20-18-16-14-12-10-8-6-4-2/h12,14,16,18,28-29,35,37,46-49,52-55H,3-11,13,15,17,19-27,30-34,36,38-45H2,1-2H3,(H,51,56)/b14-12-,18-16-,29-28+,37-35+. The molecular formula is C50H93NO5. The zero-order valence-corrected chi connectivity index (χ0v) is 36.9. The summed E-state index contributed by atoms with van der Waals surface area (Å²) in [7, 11) is 0. The third-order valence-corrected chi connectivity index (χ3v) is 11.0. The largest absolute Gasteiger partial charge is 0.394 e. The van der Waals surface area contributed by atoms with Gasteiger partial charge in [0.1, 0.15) is 12.2 Å². The number of hydrogen-bond acceptors (Lipinski definition) is 5. The van der Waals surface area contributed by atoms with Crippen LogP contribution < -0.4 is 5.32 Å². The van der Waals surface area contributed by atoms with Crippen LogP contribution in [0.5, 0.6) is 0 Å². The molecule has 6 heteroatoms. The van der Waals surface area contributed by atoms with Gasteiger partial charge in [0.2, 0.25) is 5.91 Å². The molecule has 328 valence electrons. The third kappa shape index (κ3) is 37.8. The number of carbonyl (C=O) groups is 1. The van der Waals surface area contributed by atoms with E-state index < -0.39 is 36.9 Å². The number of rotatable bonds is 43. The minimum atomic E-state index is -1.29. The monoisotopic (exact) mass is 788 g/mol. The summed E-state index contributed by atoms with van der Waals surface area (Å²) in [6.45, 7) is 4.01. The van der Waals surface area contributed by atoms with Gasteiger partial charge in [-0.15, -0.1) is 0 Å². The highest BCUT2D eigenvalue weighted by atomic mass is 16.3. The van der Waals surface area contributed by atoms with E-state index in [0.29, 0.717) is 19.3 Å². The summed E-state index contributed by atoms with van der Waals surface area (Å²) in [5, 5.41) is 43.8. The highest BCUT2D eigenvalue weighted by Gasteiger charge is 2.28. The molecule has 0 rings (SSSR count). The topological polar surface area (TPSA) is 110 Å². The molecule has 0 saturated heterocycles. The molecule has 0 aromatic carbocycles. The van der Waals surface area contributed by atoms with Crippen LogP contribution in [-0.4, -0.2) is 57.3 Å². The molecule has 0 saturated carbocycles. The van der Waals surface area contributed by atoms with Crippen molar-refractivity contribution in [3.8, 4) is 0 Å². The Hall–Kier alpha value is -1.73. The smallest absolute Gasteiger partial charge is 0.249 e. The lowest BCUT2D eigenvalue weighted by atomic mass is 10.00. The van der Waals surface area contributed by atoms with Crippen LogP contribution in [0.1, 0.15) is 232 Å². The average molecular weight is 788 g/mol. The molecule has 0 aromatic heterocycles. The molecule has 0 spiro atoms. The van der Waals surface area contributed by atoms with Crippen LogP contribution in [0.4, 0.5) is 0 Å². The molecule has 56 heavy (non-hydrogen) atoms. The Bertz CT molecular complexity index is 930. The Morgan fingerprint density at radius 3 is 1.27 bits per heavy atom. The Kier molecular flexibility index (Phi) is 43.0. The van der Waals surface area contributed by atoms with Crippen LogP contribution in [0.15, 0.2) is 48.6 Å². The molecule has 4 unspecified atom stereocenters. The molecule has 6 nitrogen and oxygen atoms in total. The van der Waals surface area contributed by atoms with Gasteiger partial charge >= 0.3 is 0 Å². The number of hydrogen-bond donors (Lipinski definition) is 5. The highest BCUT2D eigenvalue weighted by molar-refractivity contribution is 5.80. The Labute approximate surface area is 347 Å². The predicted molar refractivity (Wildman–Crippen MR) is 242 cm³/mol. The van der Waals surface area contributed by atoms with Gasteiger partial charge in [-0.1, -0.05) is 204 Å². The van der Waals surface area contributed by atoms with Crippen LogP contribution >= 0.6 is 0 Å². The fourth-order valence-corrected chi connectivity index (χ4v) is 7.18. The van der Waals surface area contributed by atoms with Crippen LogP contribution in [-0.2, 0) is 4.79 Å². The van der Waals surface area contributed by atoms with Crippen molar-refractivity contribution < 1.29 is 25.2 Å². The average Bonchev–Trinajstić information content (AvgIpc) is 3.20. The lowest BCUT2D eigenvalue weighted by Crippen LogP contribution is -2.53. The van der Waals surface area contributed by atoms with Gasteiger partial charge in [-0.2, -0.15) is 0 Å². The fraction of sp³-hybridized carbons (Fsp3) is 0.820. The summed E-state index contributed by atoms with van der Waals surface area (Å²) in [4.78, 5) is 12.5. The number of aliphatic hydroxyl groups excluding tert-OH is 4. The summed E-state index contributed by atoms with van der Waals surface area (Å²) in [5.74, 6) is -0.602. The fourth-order valence-electron chi connectivity index (χ4n) is 7.18. The van der Waals surface area contributed by atoms with Crippen molar-refractivity contribution in [2.75, 3.05) is 6.61 Å². The zero-order valence-electron chi connectivity index (χ0n) is 36.9. The van der Waals surface area contributed by atoms with E-state index in [1.165, 1.54) is 154 Å². The summed E-state index contributed by atoms with van der Waals surface area (Å²) in [6.07, 6.45) is 54.3. The van der Waals surface area contributed by atoms with E-state index in [1.807, 2.05) is 0 Å². The van der Waals surface area contributed by atoms with E-state index in [0.717, 1.165) is 44.9 Å². The first kappa shape index (κ1) is 54.3. The van der Waals surface area contributed by atoms with Crippen molar-refractivity contribution in [1.82, 2.24) is 5.32 Å². The van der Waals surface area contributed by atoms with Gasteiger partial charge in [0.05, 0.1) is 18.8 Å². The Balaban J connectivity index is 3.78. The van der Waals surface area contributed by atoms with Gasteiger partial charge in [-0.25, -0.2) is 0 Å². The van der Waals surface area contributed by atoms with E-state index in [9.17, 15) is 25.2 Å². The number of aliphatic hydroxyl groups is 4. The van der Waals surface area contributed by atoms with Gasteiger partial charge in [0.15, 0.2) is 0 Å². The van der Waals surface area contributed by atoms with Crippen molar-refractivity contribution >= 4 is 5.91 Å². The van der Waals surface area contributed by atoms with Gasteiger partial charge < -0.3 is 25.7 Å². The van der Waals surface area contributed by atoms with Gasteiger partial charge in [-0.05, 0) is 77.0 Å². The van der Waals surface area contributed by atoms with E-state index >= 15 is 0 Å². The number of allylic oxidation sites excluding steroid dienone is 8. The Morgan fingerprint density at radius 2 is 0.804 bits per heavy atom. The van der Waals surface area contributed by atoms with Gasteiger partial charge in [-0.3, -0.25) is 4.79 Å².